The van der Waals surface area contributed by atoms with Crippen molar-refractivity contribution in [3.05, 3.63) is 76.4 Å². The summed E-state index contributed by atoms with van der Waals surface area (Å²) in [5.41, 5.74) is 2.55. The van der Waals surface area contributed by atoms with Crippen LogP contribution in [0.3, 0.4) is 0 Å². The van der Waals surface area contributed by atoms with E-state index in [9.17, 15) is 24.0 Å². The second-order valence-electron chi connectivity index (χ2n) is 15.3. The maximum atomic E-state index is 13.3. The van der Waals surface area contributed by atoms with Gasteiger partial charge in [0.2, 0.25) is 17.7 Å². The predicted octanol–water partition coefficient (Wildman–Crippen LogP) is 4.23. The molecule has 290 valence electrons. The van der Waals surface area contributed by atoms with Crippen LogP contribution in [0.4, 0.5) is 17.2 Å². The van der Waals surface area contributed by atoms with Gasteiger partial charge in [-0.1, -0.05) is 11.6 Å². The van der Waals surface area contributed by atoms with E-state index in [1.165, 1.54) is 0 Å². The number of imide groups is 2. The minimum atomic E-state index is -0.974. The zero-order valence-corrected chi connectivity index (χ0v) is 31.7. The van der Waals surface area contributed by atoms with Gasteiger partial charge >= 0.3 is 0 Å². The van der Waals surface area contributed by atoms with E-state index in [1.54, 1.807) is 36.5 Å². The molecular formula is C41H43ClN8O6. The third-order valence-corrected chi connectivity index (χ3v) is 12.1. The monoisotopic (exact) mass is 778 g/mol. The Morgan fingerprint density at radius 1 is 0.893 bits per heavy atom. The van der Waals surface area contributed by atoms with Crippen molar-refractivity contribution in [3.8, 4) is 11.8 Å². The number of rotatable bonds is 9. The lowest BCUT2D eigenvalue weighted by atomic mass is 9.96. The number of halogens is 1. The number of nitriles is 1. The molecule has 5 amide bonds. The number of piperazine rings is 1. The van der Waals surface area contributed by atoms with E-state index in [2.05, 4.69) is 30.3 Å². The summed E-state index contributed by atoms with van der Waals surface area (Å²) in [5.74, 6) is -0.107. The molecule has 1 aliphatic carbocycles. The van der Waals surface area contributed by atoms with E-state index in [4.69, 9.17) is 21.6 Å². The minimum absolute atomic E-state index is 0.0394. The Morgan fingerprint density at radius 3 is 2.39 bits per heavy atom. The van der Waals surface area contributed by atoms with E-state index in [-0.39, 0.29) is 30.8 Å². The van der Waals surface area contributed by atoms with Crippen LogP contribution in [-0.2, 0) is 14.4 Å². The summed E-state index contributed by atoms with van der Waals surface area (Å²) in [6, 6.07) is 15.3. The maximum absolute atomic E-state index is 13.3. The normalized spacial score (nSPS) is 23.2. The second-order valence-corrected chi connectivity index (χ2v) is 15.7. The van der Waals surface area contributed by atoms with Gasteiger partial charge in [-0.2, -0.15) is 5.26 Å². The molecule has 1 unspecified atom stereocenters. The van der Waals surface area contributed by atoms with E-state index >= 15 is 0 Å². The van der Waals surface area contributed by atoms with Gasteiger partial charge in [0, 0.05) is 69.9 Å². The molecule has 3 saturated heterocycles. The molecule has 0 spiro atoms. The lowest BCUT2D eigenvalue weighted by Crippen LogP contribution is -2.54. The second kappa shape index (κ2) is 15.9. The van der Waals surface area contributed by atoms with Crippen molar-refractivity contribution in [3.63, 3.8) is 0 Å². The number of carbonyl (C=O) groups excluding carboxylic acids is 5. The Balaban J connectivity index is 0.762. The number of nitrogens with zero attached hydrogens (tertiary/aromatic N) is 6. The topological polar surface area (TPSA) is 168 Å². The number of aromatic nitrogens is 1. The molecule has 56 heavy (non-hydrogen) atoms. The van der Waals surface area contributed by atoms with Gasteiger partial charge in [-0.3, -0.25) is 39.1 Å². The first kappa shape index (κ1) is 37.4. The number of nitrogens with one attached hydrogen (secondary N) is 2. The van der Waals surface area contributed by atoms with Crippen LogP contribution >= 0.6 is 11.6 Å². The van der Waals surface area contributed by atoms with Crippen LogP contribution in [0.15, 0.2) is 54.7 Å². The molecule has 2 aromatic carbocycles. The molecule has 3 aromatic rings. The van der Waals surface area contributed by atoms with Crippen molar-refractivity contribution in [2.75, 3.05) is 60.9 Å². The Labute approximate surface area is 329 Å². The lowest BCUT2D eigenvalue weighted by Gasteiger charge is -2.40. The zero-order chi connectivity index (χ0) is 38.9. The smallest absolute Gasteiger partial charge is 0.262 e. The first-order valence-electron chi connectivity index (χ1n) is 19.3. The number of amides is 5. The van der Waals surface area contributed by atoms with Crippen LogP contribution in [0.2, 0.25) is 5.02 Å². The molecule has 1 aromatic heterocycles. The Morgan fingerprint density at radius 2 is 1.68 bits per heavy atom. The van der Waals surface area contributed by atoms with Gasteiger partial charge in [0.25, 0.3) is 11.8 Å². The summed E-state index contributed by atoms with van der Waals surface area (Å²) in [5, 5.41) is 14.7. The van der Waals surface area contributed by atoms with Crippen LogP contribution in [0.1, 0.15) is 71.2 Å². The summed E-state index contributed by atoms with van der Waals surface area (Å²) >= 11 is 6.14. The largest absolute Gasteiger partial charge is 0.490 e. The van der Waals surface area contributed by atoms with Crippen molar-refractivity contribution in [2.45, 2.75) is 57.1 Å². The Kier molecular flexibility index (Phi) is 10.6. The average Bonchev–Trinajstić information content (AvgIpc) is 3.77. The quantitative estimate of drug-likeness (QED) is 0.299. The molecule has 1 saturated carbocycles. The SMILES string of the molecule is N#Cc1ccc(O[C@H]2CC[C@H](C(=O)Nc3ccc(N4CCC(CN5CCN(c6ccc7c(c6)C(=O)N(C6CCC(=O)NC6=O)C7=O)CC5)CC4)nc3)C2)cc1Cl. The highest BCUT2D eigenvalue weighted by Crippen LogP contribution is 2.34. The minimum Gasteiger partial charge on any atom is -0.490 e. The molecule has 3 atom stereocenters. The van der Waals surface area contributed by atoms with Gasteiger partial charge in [0.05, 0.1) is 39.7 Å². The van der Waals surface area contributed by atoms with Crippen LogP contribution in [0.5, 0.6) is 5.75 Å². The number of anilines is 3. The third kappa shape index (κ3) is 7.79. The highest BCUT2D eigenvalue weighted by Gasteiger charge is 2.45. The summed E-state index contributed by atoms with van der Waals surface area (Å²) < 4.78 is 6.05. The van der Waals surface area contributed by atoms with Crippen molar-refractivity contribution in [1.29, 1.82) is 5.26 Å². The molecule has 2 N–H and O–H groups in total. The van der Waals surface area contributed by atoms with Gasteiger partial charge < -0.3 is 19.9 Å². The van der Waals surface area contributed by atoms with Crippen LogP contribution in [0.25, 0.3) is 0 Å². The van der Waals surface area contributed by atoms with Crippen molar-refractivity contribution < 1.29 is 28.7 Å². The fraction of sp³-hybridized carbons (Fsp3) is 0.439. The molecule has 14 nitrogen and oxygen atoms in total. The number of fused-ring (bicyclic) bond motifs is 1. The number of carbonyl (C=O) groups is 5. The zero-order valence-electron chi connectivity index (χ0n) is 30.9. The van der Waals surface area contributed by atoms with Crippen LogP contribution < -0.4 is 25.2 Å². The van der Waals surface area contributed by atoms with Crippen LogP contribution in [0, 0.1) is 23.2 Å². The standard InChI is InChI=1S/C41H43ClN8O6/c42-34-21-31(6-2-27(34)22-43)56-30-5-1-26(19-30)38(52)45-28-3-9-36(44-23-28)49-13-11-25(12-14-49)24-47-15-17-48(18-16-47)29-4-7-32-33(20-29)41(55)50(40(32)54)35-8-10-37(51)46-39(35)53/h2-4,6-7,9,20-21,23,25-26,30,35H,1,5,8,10-19,24H2,(H,45,52)(H,46,51,53)/t26-,30-,35?/m0/s1. The van der Waals surface area contributed by atoms with Gasteiger partial charge in [-0.05, 0) is 86.9 Å². The number of pyridine rings is 1. The van der Waals surface area contributed by atoms with E-state index in [1.807, 2.05) is 24.3 Å². The molecule has 8 rings (SSSR count). The van der Waals surface area contributed by atoms with E-state index < -0.39 is 29.7 Å². The molecule has 5 aliphatic rings. The molecular weight excluding hydrogens is 736 g/mol. The number of piperidine rings is 2. The molecule has 4 aliphatic heterocycles. The summed E-state index contributed by atoms with van der Waals surface area (Å²) in [6.45, 7) is 6.22. The van der Waals surface area contributed by atoms with Gasteiger partial charge in [-0.15, -0.1) is 0 Å². The summed E-state index contributed by atoms with van der Waals surface area (Å²) in [6.07, 6.45) is 6.07. The fourth-order valence-corrected chi connectivity index (χ4v) is 8.80. The predicted molar refractivity (Wildman–Crippen MR) is 207 cm³/mol. The number of benzene rings is 2. The number of hydrogen-bond donors (Lipinski definition) is 2. The van der Waals surface area contributed by atoms with Gasteiger partial charge in [0.1, 0.15) is 23.7 Å². The molecule has 4 fully saturated rings. The van der Waals surface area contributed by atoms with Gasteiger partial charge in [-0.25, -0.2) is 4.98 Å². The molecule has 0 radical (unpaired) electrons. The first-order chi connectivity index (χ1) is 27.1. The number of ether oxygens (including phenoxy) is 1. The third-order valence-electron chi connectivity index (χ3n) is 11.8. The van der Waals surface area contributed by atoms with E-state index in [0.29, 0.717) is 45.5 Å². The van der Waals surface area contributed by atoms with E-state index in [0.717, 1.165) is 87.9 Å². The van der Waals surface area contributed by atoms with Crippen LogP contribution in [-0.4, -0.2) is 102 Å². The maximum Gasteiger partial charge on any atom is 0.262 e. The first-order valence-corrected chi connectivity index (χ1v) is 19.7. The highest BCUT2D eigenvalue weighted by atomic mass is 35.5. The van der Waals surface area contributed by atoms with Crippen molar-refractivity contribution in [1.82, 2.24) is 20.1 Å². The molecule has 0 bridgehead atoms. The average molecular weight is 779 g/mol. The van der Waals surface area contributed by atoms with Gasteiger partial charge in [0.15, 0.2) is 0 Å². The molecule has 5 heterocycles. The Bertz CT molecular complexity index is 2090. The van der Waals surface area contributed by atoms with Crippen molar-refractivity contribution >= 4 is 58.3 Å². The Hall–Kier alpha value is -5.52. The highest BCUT2D eigenvalue weighted by molar-refractivity contribution is 6.31. The number of hydrogen-bond acceptors (Lipinski definition) is 11. The molecule has 15 heteroatoms. The lowest BCUT2D eigenvalue weighted by molar-refractivity contribution is -0.136. The fourth-order valence-electron chi connectivity index (χ4n) is 8.58. The van der Waals surface area contributed by atoms with Crippen molar-refractivity contribution in [2.24, 2.45) is 11.8 Å². The summed E-state index contributed by atoms with van der Waals surface area (Å²) in [7, 11) is 0. The summed E-state index contributed by atoms with van der Waals surface area (Å²) in [4.78, 5) is 76.2.